The number of hydrogen-bond donors (Lipinski definition) is 1. The molecule has 1 aromatic heterocycles. The van der Waals surface area contributed by atoms with E-state index in [0.717, 1.165) is 36.4 Å². The molecule has 2 aliphatic rings. The highest BCUT2D eigenvalue weighted by Gasteiger charge is 2.29. The van der Waals surface area contributed by atoms with Gasteiger partial charge in [-0.15, -0.1) is 0 Å². The monoisotopic (exact) mass is 276 g/mol. The van der Waals surface area contributed by atoms with E-state index in [1.54, 1.807) is 13.4 Å². The molecular formula is C15H24N4O. The normalized spacial score (nSPS) is 24.1. The first-order chi connectivity index (χ1) is 9.79. The summed E-state index contributed by atoms with van der Waals surface area (Å²) in [6, 6.07) is 0.748. The fourth-order valence-corrected chi connectivity index (χ4v) is 3.58. The lowest BCUT2D eigenvalue weighted by Crippen LogP contribution is -2.41. The number of hydrogen-bond acceptors (Lipinski definition) is 5. The van der Waals surface area contributed by atoms with Crippen molar-refractivity contribution >= 4 is 5.82 Å². The molecule has 2 fully saturated rings. The van der Waals surface area contributed by atoms with Gasteiger partial charge in [0.1, 0.15) is 12.1 Å². The van der Waals surface area contributed by atoms with Crippen molar-refractivity contribution in [3.63, 3.8) is 0 Å². The second-order valence-electron chi connectivity index (χ2n) is 5.86. The maximum absolute atomic E-state index is 5.29. The lowest BCUT2D eigenvalue weighted by Gasteiger charge is -2.36. The van der Waals surface area contributed by atoms with Crippen LogP contribution in [0.1, 0.15) is 31.2 Å². The van der Waals surface area contributed by atoms with Gasteiger partial charge >= 0.3 is 0 Å². The molecule has 0 spiro atoms. The SMILES string of the molecule is COc1ncnc(N2CCC(C3CCCN3)CC2)c1C. The summed E-state index contributed by atoms with van der Waals surface area (Å²) in [5.41, 5.74) is 1.05. The number of aromatic nitrogens is 2. The van der Waals surface area contributed by atoms with E-state index in [-0.39, 0.29) is 0 Å². The zero-order valence-corrected chi connectivity index (χ0v) is 12.4. The second kappa shape index (κ2) is 5.95. The predicted molar refractivity (Wildman–Crippen MR) is 79.3 cm³/mol. The minimum Gasteiger partial charge on any atom is -0.481 e. The van der Waals surface area contributed by atoms with Gasteiger partial charge in [0.2, 0.25) is 5.88 Å². The molecule has 110 valence electrons. The zero-order valence-electron chi connectivity index (χ0n) is 12.4. The van der Waals surface area contributed by atoms with Crippen LogP contribution in [-0.2, 0) is 0 Å². The first kappa shape index (κ1) is 13.6. The second-order valence-corrected chi connectivity index (χ2v) is 5.86. The van der Waals surface area contributed by atoms with E-state index in [0.29, 0.717) is 5.88 Å². The third kappa shape index (κ3) is 2.59. The van der Waals surface area contributed by atoms with Crippen LogP contribution >= 0.6 is 0 Å². The number of anilines is 1. The van der Waals surface area contributed by atoms with Gasteiger partial charge in [0.25, 0.3) is 0 Å². The van der Waals surface area contributed by atoms with Crippen LogP contribution in [0.3, 0.4) is 0 Å². The van der Waals surface area contributed by atoms with Gasteiger partial charge in [-0.05, 0) is 45.1 Å². The minimum atomic E-state index is 0.689. The maximum atomic E-state index is 5.29. The Bertz CT molecular complexity index is 451. The van der Waals surface area contributed by atoms with Crippen LogP contribution in [0, 0.1) is 12.8 Å². The Morgan fingerprint density at radius 1 is 1.25 bits per heavy atom. The van der Waals surface area contributed by atoms with E-state index < -0.39 is 0 Å². The molecular weight excluding hydrogens is 252 g/mol. The zero-order chi connectivity index (χ0) is 13.9. The molecule has 5 heteroatoms. The quantitative estimate of drug-likeness (QED) is 0.911. The molecule has 3 heterocycles. The number of ether oxygens (including phenoxy) is 1. The van der Waals surface area contributed by atoms with Gasteiger partial charge in [-0.25, -0.2) is 9.97 Å². The van der Waals surface area contributed by atoms with E-state index in [1.807, 2.05) is 6.92 Å². The van der Waals surface area contributed by atoms with Crippen molar-refractivity contribution in [2.45, 2.75) is 38.6 Å². The van der Waals surface area contributed by atoms with Gasteiger partial charge < -0.3 is 15.0 Å². The summed E-state index contributed by atoms with van der Waals surface area (Å²) in [4.78, 5) is 11.0. The van der Waals surface area contributed by atoms with Crippen molar-refractivity contribution in [1.82, 2.24) is 15.3 Å². The van der Waals surface area contributed by atoms with Crippen molar-refractivity contribution in [3.8, 4) is 5.88 Å². The Morgan fingerprint density at radius 2 is 2.05 bits per heavy atom. The van der Waals surface area contributed by atoms with Crippen LogP contribution in [-0.4, -0.2) is 42.8 Å². The molecule has 3 rings (SSSR count). The molecule has 1 aromatic rings. The Labute approximate surface area is 120 Å². The number of nitrogens with one attached hydrogen (secondary N) is 1. The van der Waals surface area contributed by atoms with Gasteiger partial charge in [-0.2, -0.15) is 0 Å². The highest BCUT2D eigenvalue weighted by molar-refractivity contribution is 5.50. The molecule has 0 aliphatic carbocycles. The Morgan fingerprint density at radius 3 is 2.70 bits per heavy atom. The number of rotatable bonds is 3. The van der Waals surface area contributed by atoms with Crippen LogP contribution in [0.4, 0.5) is 5.82 Å². The summed E-state index contributed by atoms with van der Waals surface area (Å²) in [5.74, 6) is 2.56. The van der Waals surface area contributed by atoms with Crippen molar-refractivity contribution in [3.05, 3.63) is 11.9 Å². The molecule has 1 atom stereocenters. The van der Waals surface area contributed by atoms with E-state index in [4.69, 9.17) is 4.74 Å². The van der Waals surface area contributed by atoms with Gasteiger partial charge in [0, 0.05) is 19.1 Å². The van der Waals surface area contributed by atoms with Gasteiger partial charge in [0.15, 0.2) is 0 Å². The molecule has 5 nitrogen and oxygen atoms in total. The molecule has 0 radical (unpaired) electrons. The van der Waals surface area contributed by atoms with Crippen molar-refractivity contribution in [2.75, 3.05) is 31.6 Å². The van der Waals surface area contributed by atoms with E-state index >= 15 is 0 Å². The van der Waals surface area contributed by atoms with Crippen LogP contribution in [0.25, 0.3) is 0 Å². The fraction of sp³-hybridized carbons (Fsp3) is 0.733. The van der Waals surface area contributed by atoms with Gasteiger partial charge in [0.05, 0.1) is 12.7 Å². The van der Waals surface area contributed by atoms with Crippen LogP contribution in [0.2, 0.25) is 0 Å². The average Bonchev–Trinajstić information content (AvgIpc) is 3.02. The fourth-order valence-electron chi connectivity index (χ4n) is 3.58. The number of methoxy groups -OCH3 is 1. The summed E-state index contributed by atoms with van der Waals surface area (Å²) < 4.78 is 5.29. The largest absolute Gasteiger partial charge is 0.481 e. The third-order valence-electron chi connectivity index (χ3n) is 4.71. The van der Waals surface area contributed by atoms with Crippen molar-refractivity contribution < 1.29 is 4.74 Å². The molecule has 2 aliphatic heterocycles. The predicted octanol–water partition coefficient (Wildman–Crippen LogP) is 1.76. The molecule has 20 heavy (non-hydrogen) atoms. The Hall–Kier alpha value is -1.36. The lowest BCUT2D eigenvalue weighted by molar-refractivity contribution is 0.318. The molecule has 2 saturated heterocycles. The first-order valence-corrected chi connectivity index (χ1v) is 7.63. The molecule has 0 saturated carbocycles. The van der Waals surface area contributed by atoms with E-state index in [9.17, 15) is 0 Å². The average molecular weight is 276 g/mol. The summed E-state index contributed by atoms with van der Waals surface area (Å²) in [6.07, 6.45) is 6.80. The maximum Gasteiger partial charge on any atom is 0.221 e. The first-order valence-electron chi connectivity index (χ1n) is 7.63. The van der Waals surface area contributed by atoms with Crippen LogP contribution < -0.4 is 15.0 Å². The van der Waals surface area contributed by atoms with E-state index in [2.05, 4.69) is 20.2 Å². The Balaban J connectivity index is 1.65. The topological polar surface area (TPSA) is 50.3 Å². The highest BCUT2D eigenvalue weighted by atomic mass is 16.5. The van der Waals surface area contributed by atoms with Crippen LogP contribution in [0.5, 0.6) is 5.88 Å². The Kier molecular flexibility index (Phi) is 4.05. The van der Waals surface area contributed by atoms with Gasteiger partial charge in [-0.3, -0.25) is 0 Å². The smallest absolute Gasteiger partial charge is 0.221 e. The molecule has 0 aromatic carbocycles. The summed E-state index contributed by atoms with van der Waals surface area (Å²) in [5, 5.41) is 3.65. The van der Waals surface area contributed by atoms with Crippen LogP contribution in [0.15, 0.2) is 6.33 Å². The lowest BCUT2D eigenvalue weighted by atomic mass is 9.88. The van der Waals surface area contributed by atoms with Gasteiger partial charge in [-0.1, -0.05) is 0 Å². The highest BCUT2D eigenvalue weighted by Crippen LogP contribution is 2.30. The molecule has 1 N–H and O–H groups in total. The van der Waals surface area contributed by atoms with Crippen molar-refractivity contribution in [1.29, 1.82) is 0 Å². The summed E-state index contributed by atoms with van der Waals surface area (Å²) in [7, 11) is 1.66. The van der Waals surface area contributed by atoms with Crippen molar-refractivity contribution in [2.24, 2.45) is 5.92 Å². The third-order valence-corrected chi connectivity index (χ3v) is 4.71. The summed E-state index contributed by atoms with van der Waals surface area (Å²) in [6.45, 7) is 5.42. The minimum absolute atomic E-state index is 0.689. The number of nitrogens with zero attached hydrogens (tertiary/aromatic N) is 3. The molecule has 1 unspecified atom stereocenters. The molecule has 0 bridgehead atoms. The molecule has 0 amide bonds. The summed E-state index contributed by atoms with van der Waals surface area (Å²) >= 11 is 0. The standard InChI is InChI=1S/C15H24N4O/c1-11-14(17-10-18-15(11)20-2)19-8-5-12(6-9-19)13-4-3-7-16-13/h10,12-13,16H,3-9H2,1-2H3. The number of piperidine rings is 1. The van der Waals surface area contributed by atoms with E-state index in [1.165, 1.54) is 32.2 Å².